The van der Waals surface area contributed by atoms with E-state index in [9.17, 15) is 9.90 Å². The number of anilines is 1. The Balaban J connectivity index is 0.987. The maximum atomic E-state index is 12.5. The molecule has 0 spiro atoms. The summed E-state index contributed by atoms with van der Waals surface area (Å²) in [5.41, 5.74) is 3.42. The summed E-state index contributed by atoms with van der Waals surface area (Å²) in [4.78, 5) is 20.6. The van der Waals surface area contributed by atoms with Crippen LogP contribution in [0.15, 0.2) is 66.3 Å². The predicted molar refractivity (Wildman–Crippen MR) is 141 cm³/mol. The van der Waals surface area contributed by atoms with Crippen LogP contribution >= 0.6 is 11.3 Å². The Hall–Kier alpha value is -3.36. The zero-order valence-corrected chi connectivity index (χ0v) is 20.5. The number of nitrogens with zero attached hydrogens (tertiary/aromatic N) is 3. The zero-order valence-electron chi connectivity index (χ0n) is 19.7. The maximum Gasteiger partial charge on any atom is 0.251 e. The van der Waals surface area contributed by atoms with E-state index in [2.05, 4.69) is 20.5 Å². The van der Waals surface area contributed by atoms with E-state index in [0.717, 1.165) is 67.2 Å². The van der Waals surface area contributed by atoms with Gasteiger partial charge in [0.15, 0.2) is 4.96 Å². The quantitative estimate of drug-likeness (QED) is 0.231. The van der Waals surface area contributed by atoms with Gasteiger partial charge in [-0.2, -0.15) is 0 Å². The van der Waals surface area contributed by atoms with E-state index in [1.165, 1.54) is 0 Å². The lowest BCUT2D eigenvalue weighted by atomic mass is 10.0. The number of para-hydroxylation sites is 2. The summed E-state index contributed by atoms with van der Waals surface area (Å²) in [6.07, 6.45) is 8.17. The smallest absolute Gasteiger partial charge is 0.251 e. The zero-order chi connectivity index (χ0) is 24.0. The molecule has 1 aliphatic rings. The topological polar surface area (TPSA) is 81.9 Å². The molecule has 0 atom stereocenters. The second-order valence-electron chi connectivity index (χ2n) is 9.04. The van der Waals surface area contributed by atoms with Crippen molar-refractivity contribution in [2.75, 3.05) is 31.5 Å². The van der Waals surface area contributed by atoms with Crippen LogP contribution in [0.1, 0.15) is 36.0 Å². The van der Waals surface area contributed by atoms with Gasteiger partial charge >= 0.3 is 0 Å². The second kappa shape index (κ2) is 10.9. The van der Waals surface area contributed by atoms with Crippen LogP contribution in [0.3, 0.4) is 0 Å². The number of rotatable bonds is 9. The number of carbonyl (C=O) groups is 1. The summed E-state index contributed by atoms with van der Waals surface area (Å²) in [5.74, 6) is 0.282. The van der Waals surface area contributed by atoms with Crippen LogP contribution in [0.4, 0.5) is 5.69 Å². The monoisotopic (exact) mass is 489 g/mol. The van der Waals surface area contributed by atoms with Crippen LogP contribution in [0, 0.1) is 0 Å². The van der Waals surface area contributed by atoms with Crippen LogP contribution in [0.5, 0.6) is 5.75 Å². The minimum Gasteiger partial charge on any atom is -0.506 e. The first-order valence-corrected chi connectivity index (χ1v) is 13.1. The van der Waals surface area contributed by atoms with E-state index < -0.39 is 0 Å². The number of amides is 1. The Kier molecular flexibility index (Phi) is 7.30. The van der Waals surface area contributed by atoms with Crippen molar-refractivity contribution in [3.63, 3.8) is 0 Å². The van der Waals surface area contributed by atoms with Gasteiger partial charge < -0.3 is 20.6 Å². The van der Waals surface area contributed by atoms with Gasteiger partial charge in [0.1, 0.15) is 5.75 Å². The highest BCUT2D eigenvalue weighted by Crippen LogP contribution is 2.25. The van der Waals surface area contributed by atoms with Gasteiger partial charge in [-0.15, -0.1) is 11.3 Å². The number of carbonyl (C=O) groups excluding carboxylic acids is 1. The molecule has 3 N–H and O–H groups in total. The third kappa shape index (κ3) is 5.83. The molecular formula is C27H31N5O2S. The number of likely N-dealkylation sites (tertiary alicyclic amines) is 1. The standard InChI is InChI=1S/C27H31N5O2S/c33-25-6-2-1-5-23(25)29-22-11-15-31(16-12-22)14-4-3-13-28-26(34)21-9-7-20(8-10-21)24-19-32-17-18-35-27(32)30-24/h1-2,5-10,17-19,22,29,33H,3-4,11-16H2,(H,28,34). The van der Waals surface area contributed by atoms with E-state index in [1.807, 2.05) is 64.6 Å². The molecule has 1 amide bonds. The Labute approximate surface area is 209 Å². The fourth-order valence-corrected chi connectivity index (χ4v) is 5.24. The number of aromatic nitrogens is 2. The number of fused-ring (bicyclic) bond motifs is 1. The van der Waals surface area contributed by atoms with Crippen LogP contribution < -0.4 is 10.6 Å². The molecule has 0 unspecified atom stereocenters. The molecule has 3 heterocycles. The number of imidazole rings is 1. The molecule has 35 heavy (non-hydrogen) atoms. The molecule has 4 aromatic rings. The Morgan fingerprint density at radius 1 is 1.09 bits per heavy atom. The van der Waals surface area contributed by atoms with Gasteiger partial charge in [0, 0.05) is 54.6 Å². The van der Waals surface area contributed by atoms with Crippen LogP contribution in [0.25, 0.3) is 16.2 Å². The number of phenols is 1. The Bertz CT molecular complexity index is 1230. The number of unbranched alkanes of at least 4 members (excludes halogenated alkanes) is 1. The molecule has 2 aromatic carbocycles. The predicted octanol–water partition coefficient (Wildman–Crippen LogP) is 4.85. The SMILES string of the molecule is O=C(NCCCCN1CCC(Nc2ccccc2O)CC1)c1ccc(-c2cn3ccsc3n2)cc1. The summed E-state index contributed by atoms with van der Waals surface area (Å²) in [5, 5.41) is 18.5. The normalized spacial score (nSPS) is 14.9. The fourth-order valence-electron chi connectivity index (χ4n) is 4.54. The van der Waals surface area contributed by atoms with Gasteiger partial charge in [0.2, 0.25) is 0 Å². The number of phenolic OH excluding ortho intramolecular Hbond substituents is 1. The number of nitrogens with one attached hydrogen (secondary N) is 2. The molecule has 182 valence electrons. The van der Waals surface area contributed by atoms with Crippen molar-refractivity contribution < 1.29 is 9.90 Å². The van der Waals surface area contributed by atoms with E-state index in [1.54, 1.807) is 17.4 Å². The lowest BCUT2D eigenvalue weighted by molar-refractivity contribution is 0.0952. The summed E-state index contributed by atoms with van der Waals surface area (Å²) >= 11 is 1.61. The van der Waals surface area contributed by atoms with Gasteiger partial charge in [0.05, 0.1) is 11.4 Å². The highest BCUT2D eigenvalue weighted by atomic mass is 32.1. The molecule has 0 aliphatic carbocycles. The lowest BCUT2D eigenvalue weighted by Gasteiger charge is -2.33. The van der Waals surface area contributed by atoms with Gasteiger partial charge in [-0.25, -0.2) is 4.98 Å². The molecule has 0 radical (unpaired) electrons. The summed E-state index contributed by atoms with van der Waals surface area (Å²) < 4.78 is 2.01. The number of piperidine rings is 1. The largest absolute Gasteiger partial charge is 0.506 e. The van der Waals surface area contributed by atoms with Crippen LogP contribution in [-0.2, 0) is 0 Å². The molecule has 8 heteroatoms. The highest BCUT2D eigenvalue weighted by molar-refractivity contribution is 7.15. The minimum absolute atomic E-state index is 0.0292. The number of hydrogen-bond donors (Lipinski definition) is 3. The van der Waals surface area contributed by atoms with Gasteiger partial charge in [-0.1, -0.05) is 24.3 Å². The van der Waals surface area contributed by atoms with Gasteiger partial charge in [0.25, 0.3) is 5.91 Å². The average Bonchev–Trinajstić information content (AvgIpc) is 3.49. The average molecular weight is 490 g/mol. The van der Waals surface area contributed by atoms with Gasteiger partial charge in [-0.3, -0.25) is 9.20 Å². The van der Waals surface area contributed by atoms with Crippen molar-refractivity contribution in [1.29, 1.82) is 0 Å². The van der Waals surface area contributed by atoms with Crippen molar-refractivity contribution in [3.8, 4) is 17.0 Å². The lowest BCUT2D eigenvalue weighted by Crippen LogP contribution is -2.39. The third-order valence-corrected chi connectivity index (χ3v) is 7.34. The van der Waals surface area contributed by atoms with E-state index >= 15 is 0 Å². The summed E-state index contributed by atoms with van der Waals surface area (Å²) in [6.45, 7) is 3.84. The molecule has 7 nitrogen and oxygen atoms in total. The molecule has 1 fully saturated rings. The maximum absolute atomic E-state index is 12.5. The van der Waals surface area contributed by atoms with Crippen molar-refractivity contribution in [2.24, 2.45) is 0 Å². The number of aromatic hydroxyl groups is 1. The third-order valence-electron chi connectivity index (χ3n) is 6.57. The first-order valence-electron chi connectivity index (χ1n) is 12.2. The minimum atomic E-state index is -0.0292. The molecule has 0 bridgehead atoms. The molecular weight excluding hydrogens is 458 g/mol. The van der Waals surface area contributed by atoms with Crippen molar-refractivity contribution >= 4 is 27.9 Å². The number of benzene rings is 2. The second-order valence-corrected chi connectivity index (χ2v) is 9.91. The molecule has 1 aliphatic heterocycles. The number of thiazole rings is 1. The number of hydrogen-bond acceptors (Lipinski definition) is 6. The first-order chi connectivity index (χ1) is 17.2. The first kappa shape index (κ1) is 23.4. The van der Waals surface area contributed by atoms with Crippen LogP contribution in [0.2, 0.25) is 0 Å². The highest BCUT2D eigenvalue weighted by Gasteiger charge is 2.19. The van der Waals surface area contributed by atoms with E-state index in [4.69, 9.17) is 0 Å². The van der Waals surface area contributed by atoms with Crippen molar-refractivity contribution in [2.45, 2.75) is 31.7 Å². The molecule has 0 saturated carbocycles. The summed E-state index contributed by atoms with van der Waals surface area (Å²) in [7, 11) is 0. The van der Waals surface area contributed by atoms with E-state index in [0.29, 0.717) is 23.9 Å². The molecule has 5 rings (SSSR count). The fraction of sp³-hybridized carbons (Fsp3) is 0.333. The van der Waals surface area contributed by atoms with Crippen LogP contribution in [-0.4, -0.2) is 57.5 Å². The Morgan fingerprint density at radius 2 is 1.89 bits per heavy atom. The Morgan fingerprint density at radius 3 is 2.66 bits per heavy atom. The van der Waals surface area contributed by atoms with Gasteiger partial charge in [-0.05, 0) is 56.5 Å². The van der Waals surface area contributed by atoms with E-state index in [-0.39, 0.29) is 5.91 Å². The molecule has 1 saturated heterocycles. The van der Waals surface area contributed by atoms with Crippen molar-refractivity contribution in [3.05, 3.63) is 71.9 Å². The van der Waals surface area contributed by atoms with Crippen molar-refractivity contribution in [1.82, 2.24) is 19.6 Å². The molecule has 2 aromatic heterocycles. The summed E-state index contributed by atoms with van der Waals surface area (Å²) in [6, 6.07) is 15.5.